The summed E-state index contributed by atoms with van der Waals surface area (Å²) in [5.74, 6) is -0.147. The number of benzene rings is 2. The lowest BCUT2D eigenvalue weighted by molar-refractivity contribution is -0.384. The van der Waals surface area contributed by atoms with E-state index < -0.39 is 0 Å². The average molecular weight is 402 g/mol. The van der Waals surface area contributed by atoms with Crippen LogP contribution in [0.4, 0.5) is 5.69 Å². The number of non-ortho nitro benzene ring substituents is 1. The van der Waals surface area contributed by atoms with Gasteiger partial charge >= 0.3 is 0 Å². The van der Waals surface area contributed by atoms with E-state index in [1.54, 1.807) is 18.2 Å². The zero-order chi connectivity index (χ0) is 20.9. The molecule has 0 saturated heterocycles. The average Bonchev–Trinajstić information content (AvgIpc) is 2.71. The van der Waals surface area contributed by atoms with Crippen LogP contribution < -0.4 is 10.6 Å². The predicted molar refractivity (Wildman–Crippen MR) is 114 cm³/mol. The van der Waals surface area contributed by atoms with Crippen molar-refractivity contribution in [3.8, 4) is 11.5 Å². The van der Waals surface area contributed by atoms with Gasteiger partial charge in [0.05, 0.1) is 4.92 Å². The van der Waals surface area contributed by atoms with Gasteiger partial charge in [0.25, 0.3) is 5.69 Å². The van der Waals surface area contributed by atoms with E-state index in [0.29, 0.717) is 0 Å². The minimum absolute atomic E-state index is 0.0659. The largest absolute Gasteiger partial charge is 0.504 e. The van der Waals surface area contributed by atoms with Gasteiger partial charge in [-0.05, 0) is 75.1 Å². The molecule has 0 unspecified atom stereocenters. The highest BCUT2D eigenvalue weighted by atomic mass is 16.6. The molecule has 0 spiro atoms. The maximum Gasteiger partial charge on any atom is 0.269 e. The van der Waals surface area contributed by atoms with Crippen LogP contribution in [0.3, 0.4) is 0 Å². The van der Waals surface area contributed by atoms with E-state index in [1.807, 2.05) is 18.2 Å². The van der Waals surface area contributed by atoms with Gasteiger partial charge in [-0.3, -0.25) is 10.1 Å². The number of nitrogens with zero attached hydrogens (tertiary/aromatic N) is 1. The maximum atomic E-state index is 10.6. The topological polar surface area (TPSA) is 108 Å². The Morgan fingerprint density at radius 3 is 1.83 bits per heavy atom. The molecule has 0 saturated carbocycles. The Bertz CT molecular complexity index is 750. The molecule has 4 N–H and O–H groups in total. The first-order chi connectivity index (χ1) is 14.1. The van der Waals surface area contributed by atoms with E-state index in [-0.39, 0.29) is 22.1 Å². The lowest BCUT2D eigenvalue weighted by Crippen LogP contribution is -2.19. The Morgan fingerprint density at radius 1 is 0.724 bits per heavy atom. The Labute approximate surface area is 171 Å². The summed E-state index contributed by atoms with van der Waals surface area (Å²) in [5.41, 5.74) is 2.25. The highest BCUT2D eigenvalue weighted by Gasteiger charge is 2.03. The molecule has 7 heteroatoms. The summed E-state index contributed by atoms with van der Waals surface area (Å²) in [6, 6.07) is 11.7. The second-order valence-corrected chi connectivity index (χ2v) is 7.16. The van der Waals surface area contributed by atoms with Crippen molar-refractivity contribution in [1.82, 2.24) is 10.6 Å². The predicted octanol–water partition coefficient (Wildman–Crippen LogP) is 3.53. The molecule has 2 aromatic rings. The normalized spacial score (nSPS) is 10.9. The van der Waals surface area contributed by atoms with Crippen LogP contribution in [0.25, 0.3) is 0 Å². The number of unbranched alkanes of at least 4 members (excludes halogenated alkanes) is 3. The molecule has 0 radical (unpaired) electrons. The van der Waals surface area contributed by atoms with Crippen LogP contribution in [-0.4, -0.2) is 41.3 Å². The standard InChI is InChI=1S/C22H31N3O4/c26-21-10-7-19(17-22(21)27)12-16-24-14-4-2-1-3-13-23-15-11-18-5-8-20(9-6-18)25(28)29/h5-10,17,23-24,26-27H,1-4,11-16H2. The van der Waals surface area contributed by atoms with Crippen LogP contribution in [0.5, 0.6) is 11.5 Å². The van der Waals surface area contributed by atoms with Crippen LogP contribution in [0, 0.1) is 10.1 Å². The van der Waals surface area contributed by atoms with Crippen molar-refractivity contribution < 1.29 is 15.1 Å². The number of nitro groups is 1. The minimum atomic E-state index is -0.376. The van der Waals surface area contributed by atoms with Crippen molar-refractivity contribution in [3.05, 3.63) is 63.7 Å². The van der Waals surface area contributed by atoms with Crippen molar-refractivity contribution in [2.75, 3.05) is 26.2 Å². The van der Waals surface area contributed by atoms with Gasteiger partial charge in [0, 0.05) is 12.1 Å². The Balaban J connectivity index is 1.39. The summed E-state index contributed by atoms with van der Waals surface area (Å²) in [7, 11) is 0. The summed E-state index contributed by atoms with van der Waals surface area (Å²) >= 11 is 0. The maximum absolute atomic E-state index is 10.6. The molecular formula is C22H31N3O4. The molecule has 0 aliphatic heterocycles. The van der Waals surface area contributed by atoms with Gasteiger partial charge in [-0.1, -0.05) is 31.0 Å². The molecule has 0 atom stereocenters. The summed E-state index contributed by atoms with van der Waals surface area (Å²) < 4.78 is 0. The lowest BCUT2D eigenvalue weighted by atomic mass is 10.1. The number of nitro benzene ring substituents is 1. The third kappa shape index (κ3) is 8.93. The second kappa shape index (κ2) is 12.7. The number of phenolic OH excluding ortho intramolecular Hbond substituents is 2. The molecule has 2 rings (SSSR count). The highest BCUT2D eigenvalue weighted by Crippen LogP contribution is 2.24. The number of hydrogen-bond donors (Lipinski definition) is 4. The molecular weight excluding hydrogens is 370 g/mol. The van der Waals surface area contributed by atoms with Crippen LogP contribution in [0.1, 0.15) is 36.8 Å². The fraction of sp³-hybridized carbons (Fsp3) is 0.455. The summed E-state index contributed by atoms with van der Waals surface area (Å²) in [5, 5.41) is 36.2. The third-order valence-corrected chi connectivity index (χ3v) is 4.82. The first kappa shape index (κ1) is 22.6. The minimum Gasteiger partial charge on any atom is -0.504 e. The molecule has 0 bridgehead atoms. The van der Waals surface area contributed by atoms with E-state index in [2.05, 4.69) is 10.6 Å². The van der Waals surface area contributed by atoms with Gasteiger partial charge in [0.2, 0.25) is 0 Å². The summed E-state index contributed by atoms with van der Waals surface area (Å²) in [4.78, 5) is 10.2. The van der Waals surface area contributed by atoms with Gasteiger partial charge in [0.15, 0.2) is 11.5 Å². The number of rotatable bonds is 14. The van der Waals surface area contributed by atoms with E-state index >= 15 is 0 Å². The molecule has 0 heterocycles. The van der Waals surface area contributed by atoms with E-state index in [1.165, 1.54) is 18.9 Å². The van der Waals surface area contributed by atoms with Gasteiger partial charge < -0.3 is 20.8 Å². The van der Waals surface area contributed by atoms with Crippen LogP contribution >= 0.6 is 0 Å². The molecule has 158 valence electrons. The summed E-state index contributed by atoms with van der Waals surface area (Å²) in [6.45, 7) is 3.71. The molecule has 0 aromatic heterocycles. The van der Waals surface area contributed by atoms with Crippen LogP contribution in [0.15, 0.2) is 42.5 Å². The SMILES string of the molecule is O=[N+]([O-])c1ccc(CCNCCCCCCNCCc2ccc(O)c(O)c2)cc1. The number of hydrogen-bond acceptors (Lipinski definition) is 6. The number of phenols is 2. The van der Waals surface area contributed by atoms with E-state index in [0.717, 1.165) is 63.0 Å². The van der Waals surface area contributed by atoms with Gasteiger partial charge in [-0.2, -0.15) is 0 Å². The molecule has 7 nitrogen and oxygen atoms in total. The lowest BCUT2D eigenvalue weighted by Gasteiger charge is -2.07. The van der Waals surface area contributed by atoms with Crippen LogP contribution in [-0.2, 0) is 12.8 Å². The van der Waals surface area contributed by atoms with Gasteiger partial charge in [-0.25, -0.2) is 0 Å². The van der Waals surface area contributed by atoms with Crippen molar-refractivity contribution in [3.63, 3.8) is 0 Å². The Kier molecular flexibility index (Phi) is 9.95. The number of aromatic hydroxyl groups is 2. The zero-order valence-corrected chi connectivity index (χ0v) is 16.8. The fourth-order valence-corrected chi connectivity index (χ4v) is 3.08. The van der Waals surface area contributed by atoms with Crippen LogP contribution in [0.2, 0.25) is 0 Å². The molecule has 0 aliphatic rings. The Morgan fingerprint density at radius 2 is 1.28 bits per heavy atom. The third-order valence-electron chi connectivity index (χ3n) is 4.82. The molecule has 0 aliphatic carbocycles. The van der Waals surface area contributed by atoms with Crippen molar-refractivity contribution >= 4 is 5.69 Å². The van der Waals surface area contributed by atoms with E-state index in [9.17, 15) is 20.3 Å². The molecule has 0 fully saturated rings. The van der Waals surface area contributed by atoms with E-state index in [4.69, 9.17) is 0 Å². The first-order valence-electron chi connectivity index (χ1n) is 10.2. The smallest absolute Gasteiger partial charge is 0.269 e. The van der Waals surface area contributed by atoms with Crippen molar-refractivity contribution in [2.45, 2.75) is 38.5 Å². The van der Waals surface area contributed by atoms with Crippen molar-refractivity contribution in [2.24, 2.45) is 0 Å². The molecule has 29 heavy (non-hydrogen) atoms. The van der Waals surface area contributed by atoms with Gasteiger partial charge in [0.1, 0.15) is 0 Å². The highest BCUT2D eigenvalue weighted by molar-refractivity contribution is 5.40. The summed E-state index contributed by atoms with van der Waals surface area (Å²) in [6.07, 6.45) is 6.37. The molecule has 2 aromatic carbocycles. The van der Waals surface area contributed by atoms with Gasteiger partial charge in [-0.15, -0.1) is 0 Å². The quantitative estimate of drug-likeness (QED) is 0.167. The monoisotopic (exact) mass is 401 g/mol. The molecule has 0 amide bonds. The first-order valence-corrected chi connectivity index (χ1v) is 10.2. The van der Waals surface area contributed by atoms with Crippen molar-refractivity contribution in [1.29, 1.82) is 0 Å². The zero-order valence-electron chi connectivity index (χ0n) is 16.8. The second-order valence-electron chi connectivity index (χ2n) is 7.16. The number of nitrogens with one attached hydrogen (secondary N) is 2. The Hall–Kier alpha value is -2.64. The fourth-order valence-electron chi connectivity index (χ4n) is 3.08.